The molecular formula is C23H20N2O. The highest BCUT2D eigenvalue weighted by Crippen LogP contribution is 2.21. The van der Waals surface area contributed by atoms with E-state index in [0.717, 1.165) is 17.8 Å². The first-order valence-corrected chi connectivity index (χ1v) is 8.85. The van der Waals surface area contributed by atoms with Gasteiger partial charge in [0, 0.05) is 11.1 Å². The van der Waals surface area contributed by atoms with Crippen molar-refractivity contribution >= 4 is 11.7 Å². The van der Waals surface area contributed by atoms with E-state index in [-0.39, 0.29) is 11.9 Å². The lowest BCUT2D eigenvalue weighted by atomic mass is 10.1. The molecule has 1 unspecified atom stereocenters. The van der Waals surface area contributed by atoms with Crippen molar-refractivity contribution < 1.29 is 4.79 Å². The first-order chi connectivity index (χ1) is 12.8. The van der Waals surface area contributed by atoms with Gasteiger partial charge >= 0.3 is 0 Å². The molecule has 1 aliphatic heterocycles. The third-order valence-corrected chi connectivity index (χ3v) is 4.57. The Labute approximate surface area is 153 Å². The number of aliphatic imine (C=N–C) groups is 1. The van der Waals surface area contributed by atoms with Crippen LogP contribution in [0.3, 0.4) is 0 Å². The van der Waals surface area contributed by atoms with Crippen LogP contribution in [0.1, 0.15) is 21.5 Å². The van der Waals surface area contributed by atoms with Crippen molar-refractivity contribution in [3.05, 3.63) is 108 Å². The lowest BCUT2D eigenvalue weighted by molar-refractivity contribution is 0.0852. The number of carbonyl (C=O) groups excluding carboxylic acids is 1. The molecule has 4 rings (SSSR count). The summed E-state index contributed by atoms with van der Waals surface area (Å²) in [6.45, 7) is 0.604. The Hall–Kier alpha value is -3.20. The highest BCUT2D eigenvalue weighted by atomic mass is 16.2. The number of rotatable bonds is 4. The van der Waals surface area contributed by atoms with Gasteiger partial charge in [-0.15, -0.1) is 0 Å². The second-order valence-electron chi connectivity index (χ2n) is 6.44. The SMILES string of the molecule is O=C(c1ccccc1)N1CC(Cc2ccccc2)N=C1c1ccccc1. The van der Waals surface area contributed by atoms with Crippen molar-refractivity contribution in [1.82, 2.24) is 4.90 Å². The molecule has 1 heterocycles. The molecule has 0 N–H and O–H groups in total. The number of nitrogens with zero attached hydrogens (tertiary/aromatic N) is 2. The first-order valence-electron chi connectivity index (χ1n) is 8.85. The summed E-state index contributed by atoms with van der Waals surface area (Å²) < 4.78 is 0. The summed E-state index contributed by atoms with van der Waals surface area (Å²) in [6.07, 6.45) is 0.829. The molecule has 0 radical (unpaired) electrons. The number of benzene rings is 3. The van der Waals surface area contributed by atoms with Gasteiger partial charge in [0.2, 0.25) is 0 Å². The molecule has 0 bridgehead atoms. The van der Waals surface area contributed by atoms with Crippen LogP contribution in [0.4, 0.5) is 0 Å². The van der Waals surface area contributed by atoms with Gasteiger partial charge in [0.25, 0.3) is 5.91 Å². The van der Waals surface area contributed by atoms with Crippen molar-refractivity contribution in [2.45, 2.75) is 12.5 Å². The zero-order valence-corrected chi connectivity index (χ0v) is 14.5. The Morgan fingerprint density at radius 3 is 2.08 bits per heavy atom. The fourth-order valence-electron chi connectivity index (χ4n) is 3.31. The number of amidine groups is 1. The monoisotopic (exact) mass is 340 g/mol. The van der Waals surface area contributed by atoms with Gasteiger partial charge in [-0.1, -0.05) is 78.9 Å². The molecule has 0 saturated carbocycles. The van der Waals surface area contributed by atoms with Crippen LogP contribution in [0.25, 0.3) is 0 Å². The van der Waals surface area contributed by atoms with E-state index < -0.39 is 0 Å². The largest absolute Gasteiger partial charge is 0.290 e. The van der Waals surface area contributed by atoms with E-state index in [1.807, 2.05) is 83.8 Å². The molecule has 1 aliphatic rings. The molecule has 3 nitrogen and oxygen atoms in total. The third-order valence-electron chi connectivity index (χ3n) is 4.57. The van der Waals surface area contributed by atoms with E-state index in [1.165, 1.54) is 5.56 Å². The van der Waals surface area contributed by atoms with Crippen LogP contribution in [-0.2, 0) is 6.42 Å². The summed E-state index contributed by atoms with van der Waals surface area (Å²) in [5.74, 6) is 0.768. The lowest BCUT2D eigenvalue weighted by Crippen LogP contribution is -2.36. The van der Waals surface area contributed by atoms with E-state index in [1.54, 1.807) is 0 Å². The summed E-state index contributed by atoms with van der Waals surface area (Å²) in [5, 5.41) is 0. The number of hydrogen-bond donors (Lipinski definition) is 0. The molecule has 26 heavy (non-hydrogen) atoms. The Kier molecular flexibility index (Phi) is 4.61. The first kappa shape index (κ1) is 16.3. The maximum Gasteiger partial charge on any atom is 0.259 e. The van der Waals surface area contributed by atoms with Gasteiger partial charge in [0.1, 0.15) is 5.84 Å². The molecule has 128 valence electrons. The summed E-state index contributed by atoms with van der Waals surface area (Å²) in [5.41, 5.74) is 2.91. The van der Waals surface area contributed by atoms with E-state index in [2.05, 4.69) is 12.1 Å². The molecule has 3 aromatic carbocycles. The van der Waals surface area contributed by atoms with E-state index in [9.17, 15) is 4.79 Å². The number of hydrogen-bond acceptors (Lipinski definition) is 2. The molecule has 3 aromatic rings. The van der Waals surface area contributed by atoms with E-state index >= 15 is 0 Å². The maximum absolute atomic E-state index is 13.1. The Bertz CT molecular complexity index is 905. The standard InChI is InChI=1S/C23H20N2O/c26-23(20-14-8-3-9-15-20)25-17-21(16-18-10-4-1-5-11-18)24-22(25)19-12-6-2-7-13-19/h1-15,21H,16-17H2. The van der Waals surface area contributed by atoms with Crippen LogP contribution < -0.4 is 0 Å². The lowest BCUT2D eigenvalue weighted by Gasteiger charge is -2.19. The number of carbonyl (C=O) groups is 1. The minimum atomic E-state index is 0.00349. The van der Waals surface area contributed by atoms with Crippen molar-refractivity contribution in [2.24, 2.45) is 4.99 Å². The Morgan fingerprint density at radius 1 is 0.846 bits per heavy atom. The smallest absolute Gasteiger partial charge is 0.259 e. The summed E-state index contributed by atoms with van der Waals surface area (Å²) >= 11 is 0. The van der Waals surface area contributed by atoms with Crippen molar-refractivity contribution in [2.75, 3.05) is 6.54 Å². The van der Waals surface area contributed by atoms with E-state index in [0.29, 0.717) is 12.1 Å². The van der Waals surface area contributed by atoms with Crippen LogP contribution in [-0.4, -0.2) is 29.2 Å². The fraction of sp³-hybridized carbons (Fsp3) is 0.130. The minimum Gasteiger partial charge on any atom is -0.290 e. The summed E-state index contributed by atoms with van der Waals surface area (Å²) in [6, 6.07) is 29.8. The summed E-state index contributed by atoms with van der Waals surface area (Å²) in [4.78, 5) is 19.8. The fourth-order valence-corrected chi connectivity index (χ4v) is 3.31. The molecule has 0 aliphatic carbocycles. The van der Waals surface area contributed by atoms with Crippen molar-refractivity contribution in [1.29, 1.82) is 0 Å². The van der Waals surface area contributed by atoms with Crippen LogP contribution in [0.5, 0.6) is 0 Å². The maximum atomic E-state index is 13.1. The zero-order chi connectivity index (χ0) is 17.8. The van der Waals surface area contributed by atoms with Crippen LogP contribution in [0.2, 0.25) is 0 Å². The quantitative estimate of drug-likeness (QED) is 0.700. The molecule has 1 atom stereocenters. The van der Waals surface area contributed by atoms with Gasteiger partial charge in [-0.2, -0.15) is 0 Å². The average Bonchev–Trinajstić information content (AvgIpc) is 3.13. The van der Waals surface area contributed by atoms with Gasteiger partial charge in [-0.05, 0) is 24.1 Å². The van der Waals surface area contributed by atoms with Crippen molar-refractivity contribution in [3.8, 4) is 0 Å². The normalized spacial score (nSPS) is 16.4. The van der Waals surface area contributed by atoms with Crippen LogP contribution in [0, 0.1) is 0 Å². The molecule has 1 amide bonds. The van der Waals surface area contributed by atoms with Crippen LogP contribution >= 0.6 is 0 Å². The molecule has 0 saturated heterocycles. The minimum absolute atomic E-state index is 0.00349. The topological polar surface area (TPSA) is 32.7 Å². The molecule has 0 fully saturated rings. The number of amides is 1. The average molecular weight is 340 g/mol. The molecular weight excluding hydrogens is 320 g/mol. The van der Waals surface area contributed by atoms with Crippen molar-refractivity contribution in [3.63, 3.8) is 0 Å². The Balaban J connectivity index is 1.64. The Morgan fingerprint density at radius 2 is 1.42 bits per heavy atom. The zero-order valence-electron chi connectivity index (χ0n) is 14.5. The van der Waals surface area contributed by atoms with Gasteiger partial charge in [-0.25, -0.2) is 0 Å². The van der Waals surface area contributed by atoms with Crippen LogP contribution in [0.15, 0.2) is 96.0 Å². The molecule has 0 aromatic heterocycles. The molecule has 3 heteroatoms. The highest BCUT2D eigenvalue weighted by molar-refractivity contribution is 6.13. The second-order valence-corrected chi connectivity index (χ2v) is 6.44. The van der Waals surface area contributed by atoms with Gasteiger partial charge in [0.05, 0.1) is 12.6 Å². The third kappa shape index (κ3) is 3.42. The second kappa shape index (κ2) is 7.36. The summed E-state index contributed by atoms with van der Waals surface area (Å²) in [7, 11) is 0. The predicted molar refractivity (Wildman–Crippen MR) is 104 cm³/mol. The van der Waals surface area contributed by atoms with Gasteiger partial charge in [0.15, 0.2) is 0 Å². The highest BCUT2D eigenvalue weighted by Gasteiger charge is 2.31. The van der Waals surface area contributed by atoms with Gasteiger partial charge < -0.3 is 0 Å². The van der Waals surface area contributed by atoms with Gasteiger partial charge in [-0.3, -0.25) is 14.7 Å². The molecule has 0 spiro atoms. The van der Waals surface area contributed by atoms with E-state index in [4.69, 9.17) is 4.99 Å². The predicted octanol–water partition coefficient (Wildman–Crippen LogP) is 4.20.